The molecule has 0 unspecified atom stereocenters. The van der Waals surface area contributed by atoms with Gasteiger partial charge in [0, 0.05) is 12.2 Å². The van der Waals surface area contributed by atoms with Crippen LogP contribution in [0.5, 0.6) is 0 Å². The summed E-state index contributed by atoms with van der Waals surface area (Å²) in [6, 6.07) is 11.2. The van der Waals surface area contributed by atoms with Crippen molar-refractivity contribution in [2.24, 2.45) is 5.92 Å². The van der Waals surface area contributed by atoms with E-state index in [2.05, 4.69) is 27.5 Å². The van der Waals surface area contributed by atoms with Crippen molar-refractivity contribution in [2.75, 3.05) is 18.4 Å². The Hall–Kier alpha value is -3.27. The highest BCUT2D eigenvalue weighted by Gasteiger charge is 2.42. The zero-order valence-corrected chi connectivity index (χ0v) is 17.9. The van der Waals surface area contributed by atoms with Gasteiger partial charge in [0.2, 0.25) is 0 Å². The largest absolute Gasteiger partial charge is 0.435 e. The molecule has 3 aromatic rings. The molecule has 174 valence electrons. The molecule has 1 N–H and O–H groups in total. The number of hydrogen-bond donors (Lipinski definition) is 1. The van der Waals surface area contributed by atoms with Crippen molar-refractivity contribution in [3.63, 3.8) is 0 Å². The van der Waals surface area contributed by atoms with Crippen molar-refractivity contribution in [3.8, 4) is 5.69 Å². The van der Waals surface area contributed by atoms with Gasteiger partial charge in [0.25, 0.3) is 5.91 Å². The first-order chi connectivity index (χ1) is 15.7. The lowest BCUT2D eigenvalue weighted by molar-refractivity contribution is -0.143. The highest BCUT2D eigenvalue weighted by atomic mass is 19.4. The van der Waals surface area contributed by atoms with Crippen LogP contribution in [0, 0.1) is 11.7 Å². The zero-order valence-electron chi connectivity index (χ0n) is 17.9. The molecule has 1 aliphatic heterocycles. The Bertz CT molecular complexity index is 1100. The zero-order chi connectivity index (χ0) is 23.6. The second kappa shape index (κ2) is 9.30. The van der Waals surface area contributed by atoms with Crippen molar-refractivity contribution in [1.82, 2.24) is 19.9 Å². The maximum atomic E-state index is 13.7. The second-order valence-electron chi connectivity index (χ2n) is 8.28. The van der Waals surface area contributed by atoms with Crippen LogP contribution in [0.2, 0.25) is 0 Å². The molecule has 4 rings (SSSR count). The maximum Gasteiger partial charge on any atom is 0.435 e. The number of alkyl halides is 3. The van der Waals surface area contributed by atoms with E-state index in [9.17, 15) is 22.4 Å². The predicted molar refractivity (Wildman–Crippen MR) is 114 cm³/mol. The van der Waals surface area contributed by atoms with Gasteiger partial charge in [0.1, 0.15) is 5.82 Å². The van der Waals surface area contributed by atoms with Gasteiger partial charge in [-0.2, -0.15) is 13.2 Å². The van der Waals surface area contributed by atoms with E-state index in [1.54, 1.807) is 12.1 Å². The van der Waals surface area contributed by atoms with E-state index in [-0.39, 0.29) is 5.69 Å². The number of likely N-dealkylation sites (tertiary alicyclic amines) is 1. The van der Waals surface area contributed by atoms with Gasteiger partial charge in [-0.1, -0.05) is 24.3 Å². The summed E-state index contributed by atoms with van der Waals surface area (Å²) >= 11 is 0. The average molecular weight is 461 g/mol. The number of carbonyl (C=O) groups is 1. The summed E-state index contributed by atoms with van der Waals surface area (Å²) < 4.78 is 54.9. The van der Waals surface area contributed by atoms with Crippen molar-refractivity contribution in [1.29, 1.82) is 0 Å². The molecule has 1 fully saturated rings. The molecule has 2 aromatic carbocycles. The van der Waals surface area contributed by atoms with Crippen LogP contribution in [0.4, 0.5) is 23.2 Å². The summed E-state index contributed by atoms with van der Waals surface area (Å²) in [4.78, 5) is 15.0. The van der Waals surface area contributed by atoms with Crippen LogP contribution in [0.15, 0.2) is 48.5 Å². The molecule has 0 bridgehead atoms. The van der Waals surface area contributed by atoms with E-state index in [0.717, 1.165) is 68.2 Å². The monoisotopic (exact) mass is 461 g/mol. The molecule has 0 saturated carbocycles. The topological polar surface area (TPSA) is 63.1 Å². The second-order valence-corrected chi connectivity index (χ2v) is 8.28. The minimum atomic E-state index is -4.90. The van der Waals surface area contributed by atoms with E-state index in [4.69, 9.17) is 0 Å². The van der Waals surface area contributed by atoms with Gasteiger partial charge in [0.05, 0.1) is 5.69 Å². The minimum Gasteiger partial charge on any atom is -0.321 e. The number of halogens is 4. The number of rotatable bonds is 5. The molecule has 0 atom stereocenters. The fraction of sp³-hybridized carbons (Fsp3) is 0.348. The van der Waals surface area contributed by atoms with Gasteiger partial charge in [-0.15, -0.1) is 5.10 Å². The average Bonchev–Trinajstić information content (AvgIpc) is 3.23. The Balaban J connectivity index is 1.49. The van der Waals surface area contributed by atoms with E-state index in [1.807, 2.05) is 12.1 Å². The highest BCUT2D eigenvalue weighted by molar-refractivity contribution is 6.03. The molecule has 0 spiro atoms. The normalized spacial score (nSPS) is 15.5. The first kappa shape index (κ1) is 22.9. The fourth-order valence-electron chi connectivity index (χ4n) is 3.81. The molecule has 1 amide bonds. The fourth-order valence-corrected chi connectivity index (χ4v) is 3.81. The van der Waals surface area contributed by atoms with Gasteiger partial charge in [-0.05, 0) is 73.8 Å². The summed E-state index contributed by atoms with van der Waals surface area (Å²) in [6.07, 6.45) is -2.58. The Labute approximate surface area is 188 Å². The summed E-state index contributed by atoms with van der Waals surface area (Å²) in [5.74, 6) is -0.904. The number of hydrogen-bond acceptors (Lipinski definition) is 4. The lowest BCUT2D eigenvalue weighted by atomic mass is 9.99. The molecule has 1 saturated heterocycles. The van der Waals surface area contributed by atoms with Gasteiger partial charge in [0.15, 0.2) is 11.4 Å². The lowest BCUT2D eigenvalue weighted by Crippen LogP contribution is -2.32. The standard InChI is InChI=1S/C23H23F4N5O/c1-15-10-12-31(13-11-15)14-16-2-6-18(7-3-16)28-22(33)20-21(23(25,26)27)32(30-29-20)19-8-4-17(24)5-9-19/h2-9,15H,10-14H2,1H3,(H,28,33). The van der Waals surface area contributed by atoms with Gasteiger partial charge in [-0.25, -0.2) is 9.07 Å². The van der Waals surface area contributed by atoms with Crippen molar-refractivity contribution in [3.05, 3.63) is 71.3 Å². The van der Waals surface area contributed by atoms with E-state index < -0.39 is 29.3 Å². The van der Waals surface area contributed by atoms with Gasteiger partial charge in [-0.3, -0.25) is 9.69 Å². The van der Waals surface area contributed by atoms with Gasteiger partial charge < -0.3 is 5.32 Å². The van der Waals surface area contributed by atoms with Crippen LogP contribution in [-0.2, 0) is 12.7 Å². The molecular formula is C23H23F4N5O. The Kier molecular flexibility index (Phi) is 6.46. The molecular weight excluding hydrogens is 438 g/mol. The first-order valence-corrected chi connectivity index (χ1v) is 10.6. The molecule has 0 radical (unpaired) electrons. The van der Waals surface area contributed by atoms with Crippen molar-refractivity contribution < 1.29 is 22.4 Å². The number of benzene rings is 2. The number of aromatic nitrogens is 3. The van der Waals surface area contributed by atoms with Crippen LogP contribution >= 0.6 is 0 Å². The summed E-state index contributed by atoms with van der Waals surface area (Å²) in [5.41, 5.74) is -0.853. The Morgan fingerprint density at radius 1 is 1.06 bits per heavy atom. The quantitative estimate of drug-likeness (QED) is 0.549. The third-order valence-corrected chi connectivity index (χ3v) is 5.72. The van der Waals surface area contributed by atoms with E-state index in [1.165, 1.54) is 0 Å². The SMILES string of the molecule is CC1CCN(Cc2ccc(NC(=O)c3nnn(-c4ccc(F)cc4)c3C(F)(F)F)cc2)CC1. The van der Waals surface area contributed by atoms with Crippen molar-refractivity contribution >= 4 is 11.6 Å². The van der Waals surface area contributed by atoms with Crippen LogP contribution in [0.25, 0.3) is 5.69 Å². The number of nitrogens with zero attached hydrogens (tertiary/aromatic N) is 4. The summed E-state index contributed by atoms with van der Waals surface area (Å²) in [7, 11) is 0. The lowest BCUT2D eigenvalue weighted by Gasteiger charge is -2.30. The van der Waals surface area contributed by atoms with Crippen LogP contribution in [0.1, 0.15) is 41.5 Å². The molecule has 1 aliphatic rings. The summed E-state index contributed by atoms with van der Waals surface area (Å²) in [5, 5.41) is 9.40. The van der Waals surface area contributed by atoms with Crippen LogP contribution < -0.4 is 5.32 Å². The number of anilines is 1. The number of piperidine rings is 1. The van der Waals surface area contributed by atoms with E-state index in [0.29, 0.717) is 10.4 Å². The van der Waals surface area contributed by atoms with Gasteiger partial charge >= 0.3 is 6.18 Å². The molecule has 6 nitrogen and oxygen atoms in total. The van der Waals surface area contributed by atoms with E-state index >= 15 is 0 Å². The third kappa shape index (κ3) is 5.39. The Morgan fingerprint density at radius 3 is 2.30 bits per heavy atom. The number of carbonyl (C=O) groups excluding carboxylic acids is 1. The smallest absolute Gasteiger partial charge is 0.321 e. The molecule has 33 heavy (non-hydrogen) atoms. The van der Waals surface area contributed by atoms with Crippen LogP contribution in [-0.4, -0.2) is 38.9 Å². The molecule has 1 aromatic heterocycles. The number of nitrogens with one attached hydrogen (secondary N) is 1. The molecule has 0 aliphatic carbocycles. The van der Waals surface area contributed by atoms with Crippen LogP contribution in [0.3, 0.4) is 0 Å². The maximum absolute atomic E-state index is 13.7. The Morgan fingerprint density at radius 2 is 1.70 bits per heavy atom. The minimum absolute atomic E-state index is 0.0632. The highest BCUT2D eigenvalue weighted by Crippen LogP contribution is 2.33. The first-order valence-electron chi connectivity index (χ1n) is 10.6. The molecule has 10 heteroatoms. The predicted octanol–water partition coefficient (Wildman–Crippen LogP) is 4.91. The van der Waals surface area contributed by atoms with Crippen molar-refractivity contribution in [2.45, 2.75) is 32.5 Å². The summed E-state index contributed by atoms with van der Waals surface area (Å²) in [6.45, 7) is 5.09. The third-order valence-electron chi connectivity index (χ3n) is 5.72. The number of amides is 1. The molecule has 2 heterocycles.